The van der Waals surface area contributed by atoms with Crippen molar-refractivity contribution < 1.29 is 28.6 Å². The fourth-order valence-corrected chi connectivity index (χ4v) is 2.65. The lowest BCUT2D eigenvalue weighted by atomic mass is 10.1. The highest BCUT2D eigenvalue weighted by atomic mass is 16.6. The number of carbonyl (C=O) groups is 3. The van der Waals surface area contributed by atoms with E-state index >= 15 is 0 Å². The standard InChI is InChI=1S/C19H27N3O6/c1-18(2,3)27-15(23)11-19(21(4)5)22(20-12-16(24)28-19)17(25)26-13-14-9-7-6-8-10-14/h6-10,20H,11-13H2,1-5H3. The van der Waals surface area contributed by atoms with Gasteiger partial charge in [-0.05, 0) is 40.4 Å². The first-order valence-electron chi connectivity index (χ1n) is 8.89. The highest BCUT2D eigenvalue weighted by Crippen LogP contribution is 2.28. The third kappa shape index (κ3) is 5.43. The summed E-state index contributed by atoms with van der Waals surface area (Å²) in [6.07, 6.45) is -1.18. The van der Waals surface area contributed by atoms with Crippen molar-refractivity contribution in [3.05, 3.63) is 35.9 Å². The summed E-state index contributed by atoms with van der Waals surface area (Å²) in [7, 11) is 3.17. The molecule has 1 aliphatic rings. The summed E-state index contributed by atoms with van der Waals surface area (Å²) in [5.74, 6) is -2.95. The van der Waals surface area contributed by atoms with E-state index in [4.69, 9.17) is 14.2 Å². The van der Waals surface area contributed by atoms with Crippen molar-refractivity contribution >= 4 is 18.0 Å². The second kappa shape index (κ2) is 8.57. The lowest BCUT2D eigenvalue weighted by Gasteiger charge is -2.47. The predicted octanol–water partition coefficient (Wildman–Crippen LogP) is 1.63. The zero-order chi connectivity index (χ0) is 20.9. The summed E-state index contributed by atoms with van der Waals surface area (Å²) in [5.41, 5.74) is 2.75. The molecule has 1 aromatic carbocycles. The molecule has 1 N–H and O–H groups in total. The molecule has 1 saturated heterocycles. The molecule has 0 aliphatic carbocycles. The largest absolute Gasteiger partial charge is 0.460 e. The minimum atomic E-state index is -1.72. The molecule has 1 aliphatic heterocycles. The molecule has 2 rings (SSSR count). The molecule has 9 heteroatoms. The summed E-state index contributed by atoms with van der Waals surface area (Å²) in [5, 5.41) is 1.02. The Kier molecular flexibility index (Phi) is 6.63. The third-order valence-corrected chi connectivity index (χ3v) is 3.89. The van der Waals surface area contributed by atoms with Gasteiger partial charge in [-0.1, -0.05) is 30.3 Å². The van der Waals surface area contributed by atoms with Crippen LogP contribution in [0.3, 0.4) is 0 Å². The Morgan fingerprint density at radius 1 is 1.25 bits per heavy atom. The summed E-state index contributed by atoms with van der Waals surface area (Å²) in [6, 6.07) is 9.15. The number of ether oxygens (including phenoxy) is 3. The molecule has 1 fully saturated rings. The van der Waals surface area contributed by atoms with Crippen molar-refractivity contribution in [3.8, 4) is 0 Å². The smallest absolute Gasteiger partial charge is 0.429 e. The Hall–Kier alpha value is -2.65. The molecule has 1 unspecified atom stereocenters. The van der Waals surface area contributed by atoms with Crippen LogP contribution in [0.2, 0.25) is 0 Å². The van der Waals surface area contributed by atoms with Crippen molar-refractivity contribution in [1.82, 2.24) is 15.3 Å². The first-order chi connectivity index (χ1) is 13.0. The fraction of sp³-hybridized carbons (Fsp3) is 0.526. The number of benzene rings is 1. The number of cyclic esters (lactones) is 1. The molecule has 0 aromatic heterocycles. The minimum absolute atomic E-state index is 0.0295. The van der Waals surface area contributed by atoms with Crippen molar-refractivity contribution in [2.24, 2.45) is 0 Å². The van der Waals surface area contributed by atoms with Crippen LogP contribution < -0.4 is 5.43 Å². The first-order valence-corrected chi connectivity index (χ1v) is 8.89. The van der Waals surface area contributed by atoms with Crippen LogP contribution in [0, 0.1) is 0 Å². The van der Waals surface area contributed by atoms with Gasteiger partial charge in [-0.15, -0.1) is 0 Å². The molecule has 1 amide bonds. The number of hydrazine groups is 1. The van der Waals surface area contributed by atoms with Gasteiger partial charge in [0.15, 0.2) is 0 Å². The van der Waals surface area contributed by atoms with Gasteiger partial charge in [-0.3, -0.25) is 14.5 Å². The van der Waals surface area contributed by atoms with E-state index in [9.17, 15) is 14.4 Å². The molecule has 0 spiro atoms. The van der Waals surface area contributed by atoms with Gasteiger partial charge in [0.2, 0.25) is 0 Å². The van der Waals surface area contributed by atoms with Crippen LogP contribution in [0.5, 0.6) is 0 Å². The number of rotatable bonds is 5. The monoisotopic (exact) mass is 393 g/mol. The van der Waals surface area contributed by atoms with Crippen molar-refractivity contribution in [2.45, 2.75) is 45.2 Å². The molecular weight excluding hydrogens is 366 g/mol. The van der Waals surface area contributed by atoms with Crippen LogP contribution in [0.15, 0.2) is 30.3 Å². The summed E-state index contributed by atoms with van der Waals surface area (Å²) in [4.78, 5) is 38.6. The zero-order valence-corrected chi connectivity index (χ0v) is 16.9. The van der Waals surface area contributed by atoms with Gasteiger partial charge in [0.1, 0.15) is 25.2 Å². The number of hydrogen-bond donors (Lipinski definition) is 1. The Balaban J connectivity index is 2.21. The van der Waals surface area contributed by atoms with Crippen molar-refractivity contribution in [3.63, 3.8) is 0 Å². The van der Waals surface area contributed by atoms with Crippen LogP contribution in [0.4, 0.5) is 4.79 Å². The van der Waals surface area contributed by atoms with Crippen LogP contribution in [0.25, 0.3) is 0 Å². The van der Waals surface area contributed by atoms with Crippen LogP contribution in [0.1, 0.15) is 32.8 Å². The predicted molar refractivity (Wildman–Crippen MR) is 99.4 cm³/mol. The van der Waals surface area contributed by atoms with Crippen molar-refractivity contribution in [2.75, 3.05) is 20.6 Å². The molecule has 0 saturated carbocycles. The molecule has 0 bridgehead atoms. The Morgan fingerprint density at radius 2 is 1.89 bits per heavy atom. The second-order valence-electron chi connectivity index (χ2n) is 7.59. The van der Waals surface area contributed by atoms with Gasteiger partial charge in [0.05, 0.1) is 0 Å². The Morgan fingerprint density at radius 3 is 2.46 bits per heavy atom. The second-order valence-corrected chi connectivity index (χ2v) is 7.59. The average Bonchev–Trinajstić information content (AvgIpc) is 2.58. The van der Waals surface area contributed by atoms with E-state index in [2.05, 4.69) is 5.43 Å². The van der Waals surface area contributed by atoms with E-state index in [1.165, 1.54) is 4.90 Å². The highest BCUT2D eigenvalue weighted by molar-refractivity contribution is 5.78. The number of nitrogens with zero attached hydrogens (tertiary/aromatic N) is 2. The summed E-state index contributed by atoms with van der Waals surface area (Å²) in [6.45, 7) is 4.98. The number of amides is 1. The summed E-state index contributed by atoms with van der Waals surface area (Å²) >= 11 is 0. The van der Waals surface area contributed by atoms with Crippen LogP contribution in [-0.2, 0) is 30.4 Å². The Labute approximate surface area is 164 Å². The fourth-order valence-electron chi connectivity index (χ4n) is 2.65. The van der Waals surface area contributed by atoms with E-state index < -0.39 is 35.9 Å². The van der Waals surface area contributed by atoms with E-state index in [1.54, 1.807) is 34.9 Å². The van der Waals surface area contributed by atoms with Gasteiger partial charge in [-0.25, -0.2) is 10.2 Å². The van der Waals surface area contributed by atoms with Gasteiger partial charge in [-0.2, -0.15) is 5.01 Å². The molecule has 0 radical (unpaired) electrons. The highest BCUT2D eigenvalue weighted by Gasteiger charge is 2.52. The summed E-state index contributed by atoms with van der Waals surface area (Å²) < 4.78 is 16.1. The van der Waals surface area contributed by atoms with E-state index in [1.807, 2.05) is 30.3 Å². The van der Waals surface area contributed by atoms with Gasteiger partial charge in [0, 0.05) is 0 Å². The number of esters is 2. The number of nitrogens with one attached hydrogen (secondary N) is 1. The lowest BCUT2D eigenvalue weighted by Crippen LogP contribution is -2.71. The first kappa shape index (κ1) is 21.6. The van der Waals surface area contributed by atoms with E-state index in [0.29, 0.717) is 0 Å². The molecule has 154 valence electrons. The lowest BCUT2D eigenvalue weighted by molar-refractivity contribution is -0.253. The SMILES string of the molecule is CN(C)C1(CC(=O)OC(C)(C)C)OC(=O)CNN1C(=O)OCc1ccccc1. The third-order valence-electron chi connectivity index (χ3n) is 3.89. The molecule has 9 nitrogen and oxygen atoms in total. The van der Waals surface area contributed by atoms with Crippen LogP contribution >= 0.6 is 0 Å². The maximum Gasteiger partial charge on any atom is 0.429 e. The minimum Gasteiger partial charge on any atom is -0.460 e. The number of carbonyl (C=O) groups excluding carboxylic acids is 3. The molecular formula is C19H27N3O6. The zero-order valence-electron chi connectivity index (χ0n) is 16.9. The Bertz CT molecular complexity index is 716. The van der Waals surface area contributed by atoms with Gasteiger partial charge < -0.3 is 14.2 Å². The number of hydrogen-bond acceptors (Lipinski definition) is 8. The van der Waals surface area contributed by atoms with Crippen LogP contribution in [-0.4, -0.2) is 60.0 Å². The molecule has 1 atom stereocenters. The average molecular weight is 393 g/mol. The molecule has 1 heterocycles. The molecule has 1 aromatic rings. The normalized spacial score (nSPS) is 19.9. The van der Waals surface area contributed by atoms with Gasteiger partial charge >= 0.3 is 18.0 Å². The van der Waals surface area contributed by atoms with Gasteiger partial charge in [0.25, 0.3) is 5.85 Å². The quantitative estimate of drug-likeness (QED) is 0.596. The van der Waals surface area contributed by atoms with E-state index in [-0.39, 0.29) is 13.2 Å². The maximum absolute atomic E-state index is 12.7. The van der Waals surface area contributed by atoms with Crippen molar-refractivity contribution in [1.29, 1.82) is 0 Å². The molecule has 28 heavy (non-hydrogen) atoms. The topological polar surface area (TPSA) is 97.4 Å². The van der Waals surface area contributed by atoms with E-state index in [0.717, 1.165) is 10.6 Å². The maximum atomic E-state index is 12.7.